The predicted molar refractivity (Wildman–Crippen MR) is 104 cm³/mol. The average molecular weight is 485 g/mol. The Kier molecular flexibility index (Phi) is 5.27. The maximum atomic E-state index is 13.9. The van der Waals surface area contributed by atoms with Gasteiger partial charge in [-0.05, 0) is 67.0 Å². The van der Waals surface area contributed by atoms with Crippen LogP contribution in [-0.4, -0.2) is 21.4 Å². The maximum Gasteiger partial charge on any atom is 0.151 e. The molecule has 1 aromatic carbocycles. The third-order valence-corrected chi connectivity index (χ3v) is 5.47. The van der Waals surface area contributed by atoms with Crippen molar-refractivity contribution in [1.29, 1.82) is 0 Å². The fraction of sp³-hybridized carbons (Fsp3) is 0.368. The van der Waals surface area contributed by atoms with Gasteiger partial charge in [0.1, 0.15) is 15.6 Å². The summed E-state index contributed by atoms with van der Waals surface area (Å²) in [6, 6.07) is 5.54. The van der Waals surface area contributed by atoms with E-state index in [1.54, 1.807) is 13.0 Å². The second-order valence-corrected chi connectivity index (χ2v) is 7.53. The third kappa shape index (κ3) is 3.64. The lowest BCUT2D eigenvalue weighted by Crippen LogP contribution is -2.19. The van der Waals surface area contributed by atoms with Gasteiger partial charge in [0.05, 0.1) is 23.5 Å². The first kappa shape index (κ1) is 18.5. The van der Waals surface area contributed by atoms with Crippen LogP contribution in [0.25, 0.3) is 10.9 Å². The van der Waals surface area contributed by atoms with E-state index < -0.39 is 17.7 Å². The summed E-state index contributed by atoms with van der Waals surface area (Å²) in [5.74, 6) is -0.923. The number of ether oxygens (including phenoxy) is 2. The molecule has 1 saturated heterocycles. The molecule has 142 valence electrons. The highest BCUT2D eigenvalue weighted by molar-refractivity contribution is 14.1. The quantitative estimate of drug-likeness (QED) is 0.480. The van der Waals surface area contributed by atoms with Crippen LogP contribution in [0.15, 0.2) is 30.6 Å². The van der Waals surface area contributed by atoms with Gasteiger partial charge in [-0.3, -0.25) is 4.98 Å². The molecule has 2 aromatic heterocycles. The van der Waals surface area contributed by atoms with Gasteiger partial charge in [0.15, 0.2) is 17.9 Å². The minimum Gasteiger partial charge on any atom is -0.486 e. The Morgan fingerprint density at radius 3 is 2.74 bits per heavy atom. The molecule has 0 radical (unpaired) electrons. The standard InChI is InChI=1S/C19H18F2IN3O2/c1-11(18-14(20)9-23-10-15(18)21)27-12-5-6-16-13(8-12)19(22)24-25(16)17-4-2-3-7-26-17/h5-6,8-11,17H,2-4,7H2,1H3/t11-,17?/m1/s1. The van der Waals surface area contributed by atoms with E-state index in [1.807, 2.05) is 16.8 Å². The molecule has 4 rings (SSSR count). The molecular weight excluding hydrogens is 467 g/mol. The van der Waals surface area contributed by atoms with Gasteiger partial charge in [-0.25, -0.2) is 13.5 Å². The normalized spacial score (nSPS) is 18.6. The van der Waals surface area contributed by atoms with Crippen molar-refractivity contribution in [3.63, 3.8) is 0 Å². The van der Waals surface area contributed by atoms with E-state index in [0.29, 0.717) is 5.75 Å². The monoisotopic (exact) mass is 485 g/mol. The summed E-state index contributed by atoms with van der Waals surface area (Å²) < 4.78 is 42.2. The molecule has 2 atom stereocenters. The van der Waals surface area contributed by atoms with Gasteiger partial charge >= 0.3 is 0 Å². The smallest absolute Gasteiger partial charge is 0.151 e. The van der Waals surface area contributed by atoms with Crippen LogP contribution in [0.5, 0.6) is 5.75 Å². The minimum absolute atomic E-state index is 0.0598. The predicted octanol–water partition coefficient (Wildman–Crippen LogP) is 5.15. The number of pyridine rings is 1. The number of rotatable bonds is 4. The Morgan fingerprint density at radius 1 is 1.26 bits per heavy atom. The van der Waals surface area contributed by atoms with Crippen LogP contribution < -0.4 is 4.74 Å². The zero-order valence-corrected chi connectivity index (χ0v) is 16.8. The van der Waals surface area contributed by atoms with Crippen molar-refractivity contribution in [1.82, 2.24) is 14.8 Å². The van der Waals surface area contributed by atoms with Crippen molar-refractivity contribution in [3.8, 4) is 5.75 Å². The Hall–Kier alpha value is -1.81. The number of hydrogen-bond acceptors (Lipinski definition) is 4. The second kappa shape index (κ2) is 7.67. The van der Waals surface area contributed by atoms with Crippen molar-refractivity contribution in [2.24, 2.45) is 0 Å². The van der Waals surface area contributed by atoms with E-state index in [1.165, 1.54) is 0 Å². The van der Waals surface area contributed by atoms with Crippen molar-refractivity contribution >= 4 is 33.5 Å². The Bertz CT molecular complexity index is 953. The van der Waals surface area contributed by atoms with E-state index in [2.05, 4.69) is 32.7 Å². The molecule has 0 spiro atoms. The van der Waals surface area contributed by atoms with Crippen molar-refractivity contribution in [3.05, 3.63) is 51.5 Å². The number of hydrogen-bond donors (Lipinski definition) is 0. The van der Waals surface area contributed by atoms with Crippen LogP contribution in [-0.2, 0) is 4.74 Å². The van der Waals surface area contributed by atoms with Crippen molar-refractivity contribution < 1.29 is 18.3 Å². The first-order valence-corrected chi connectivity index (χ1v) is 9.87. The van der Waals surface area contributed by atoms with Gasteiger partial charge in [-0.2, -0.15) is 5.10 Å². The van der Waals surface area contributed by atoms with Crippen LogP contribution in [0.4, 0.5) is 8.78 Å². The molecule has 3 aromatic rings. The number of benzene rings is 1. The van der Waals surface area contributed by atoms with Crippen LogP contribution in [0.3, 0.4) is 0 Å². The summed E-state index contributed by atoms with van der Waals surface area (Å²) >= 11 is 2.18. The highest BCUT2D eigenvalue weighted by atomic mass is 127. The van der Waals surface area contributed by atoms with Crippen LogP contribution in [0.2, 0.25) is 0 Å². The van der Waals surface area contributed by atoms with Crippen molar-refractivity contribution in [2.75, 3.05) is 6.61 Å². The number of nitrogens with zero attached hydrogens (tertiary/aromatic N) is 3. The molecule has 27 heavy (non-hydrogen) atoms. The zero-order valence-electron chi connectivity index (χ0n) is 14.7. The van der Waals surface area contributed by atoms with Crippen molar-refractivity contribution in [2.45, 2.75) is 38.5 Å². The largest absolute Gasteiger partial charge is 0.486 e. The Labute approximate surface area is 168 Å². The summed E-state index contributed by atoms with van der Waals surface area (Å²) in [7, 11) is 0. The highest BCUT2D eigenvalue weighted by Gasteiger charge is 2.22. The summed E-state index contributed by atoms with van der Waals surface area (Å²) in [6.45, 7) is 2.35. The van der Waals surface area contributed by atoms with E-state index in [0.717, 1.165) is 52.9 Å². The number of halogens is 3. The van der Waals surface area contributed by atoms with Crippen LogP contribution >= 0.6 is 22.6 Å². The molecule has 0 amide bonds. The molecule has 0 aliphatic carbocycles. The fourth-order valence-electron chi connectivity index (χ4n) is 3.36. The molecule has 1 aliphatic heterocycles. The van der Waals surface area contributed by atoms with Gasteiger partial charge in [-0.15, -0.1) is 0 Å². The Balaban J connectivity index is 1.63. The maximum absolute atomic E-state index is 13.9. The number of fused-ring (bicyclic) bond motifs is 1. The van der Waals surface area contributed by atoms with Gasteiger partial charge in [0.25, 0.3) is 0 Å². The van der Waals surface area contributed by atoms with Gasteiger partial charge < -0.3 is 9.47 Å². The molecule has 0 N–H and O–H groups in total. The molecular formula is C19H18F2IN3O2. The summed E-state index contributed by atoms with van der Waals surface area (Å²) in [5.41, 5.74) is 0.818. The lowest BCUT2D eigenvalue weighted by molar-refractivity contribution is -0.0368. The van der Waals surface area contributed by atoms with Gasteiger partial charge in [-0.1, -0.05) is 0 Å². The molecule has 0 saturated carbocycles. The van der Waals surface area contributed by atoms with E-state index >= 15 is 0 Å². The molecule has 5 nitrogen and oxygen atoms in total. The highest BCUT2D eigenvalue weighted by Crippen LogP contribution is 2.32. The minimum atomic E-state index is -0.792. The zero-order chi connectivity index (χ0) is 19.0. The topological polar surface area (TPSA) is 49.2 Å². The number of aromatic nitrogens is 3. The fourth-order valence-corrected chi connectivity index (χ4v) is 4.03. The van der Waals surface area contributed by atoms with E-state index in [9.17, 15) is 8.78 Å². The van der Waals surface area contributed by atoms with Gasteiger partial charge in [0.2, 0.25) is 0 Å². The first-order valence-electron chi connectivity index (χ1n) is 8.79. The molecule has 8 heteroatoms. The summed E-state index contributed by atoms with van der Waals surface area (Å²) in [5, 5.41) is 5.54. The van der Waals surface area contributed by atoms with Crippen LogP contribution in [0, 0.1) is 15.3 Å². The first-order chi connectivity index (χ1) is 13.0. The lowest BCUT2D eigenvalue weighted by atomic mass is 10.1. The third-order valence-electron chi connectivity index (χ3n) is 4.67. The summed E-state index contributed by atoms with van der Waals surface area (Å²) in [6.07, 6.45) is 4.24. The molecule has 3 heterocycles. The van der Waals surface area contributed by atoms with Gasteiger partial charge in [0, 0.05) is 12.0 Å². The molecule has 1 fully saturated rings. The molecule has 1 aliphatic rings. The summed E-state index contributed by atoms with van der Waals surface area (Å²) in [4.78, 5) is 3.50. The average Bonchev–Trinajstić information content (AvgIpc) is 2.99. The molecule has 1 unspecified atom stereocenters. The SMILES string of the molecule is C[C@@H](Oc1ccc2c(c1)c(I)nn2C1CCCCO1)c1c(F)cncc1F. The lowest BCUT2D eigenvalue weighted by Gasteiger charge is -2.23. The Morgan fingerprint density at radius 2 is 2.04 bits per heavy atom. The van der Waals surface area contributed by atoms with Crippen LogP contribution in [0.1, 0.15) is 44.1 Å². The molecule has 0 bridgehead atoms. The van der Waals surface area contributed by atoms with E-state index in [4.69, 9.17) is 9.47 Å². The van der Waals surface area contributed by atoms with E-state index in [-0.39, 0.29) is 11.8 Å². The second-order valence-electron chi connectivity index (χ2n) is 6.51.